The molecule has 0 radical (unpaired) electrons. The fourth-order valence-corrected chi connectivity index (χ4v) is 41.2. The van der Waals surface area contributed by atoms with E-state index in [2.05, 4.69) is 53.1 Å². The maximum atomic E-state index is 6.24. The zero-order valence-corrected chi connectivity index (χ0v) is 14.7. The van der Waals surface area contributed by atoms with Crippen LogP contribution in [0, 0.1) is 0 Å². The zero-order valence-electron chi connectivity index (χ0n) is 11.7. The van der Waals surface area contributed by atoms with Crippen molar-refractivity contribution in [3.63, 3.8) is 0 Å². The van der Waals surface area contributed by atoms with Crippen molar-refractivity contribution in [1.29, 1.82) is 0 Å². The summed E-state index contributed by atoms with van der Waals surface area (Å²) < 4.78 is 12.5. The third kappa shape index (κ3) is 3.26. The molecule has 0 aliphatic rings. The summed E-state index contributed by atoms with van der Waals surface area (Å²) in [6, 6.07) is 0. The topological polar surface area (TPSA) is 18.5 Å². The predicted molar refractivity (Wildman–Crippen MR) is 75.7 cm³/mol. The van der Waals surface area contributed by atoms with Crippen LogP contribution in [-0.2, 0) is 8.85 Å². The molecule has 0 amide bonds. The Morgan fingerprint density at radius 2 is 0.933 bits per heavy atom. The quantitative estimate of drug-likeness (QED) is 0.685. The lowest BCUT2D eigenvalue weighted by Gasteiger charge is -2.47. The molecule has 0 saturated heterocycles. The van der Waals surface area contributed by atoms with Gasteiger partial charge in [-0.2, -0.15) is 0 Å². The summed E-state index contributed by atoms with van der Waals surface area (Å²) in [4.78, 5) is 0. The minimum Gasteiger partial charge on any atom is -0.399 e. The van der Waals surface area contributed by atoms with E-state index in [-0.39, 0.29) is 0 Å². The molecular weight excluding hydrogens is 236 g/mol. The van der Waals surface area contributed by atoms with Crippen molar-refractivity contribution in [2.24, 2.45) is 0 Å². The Morgan fingerprint density at radius 3 is 1.07 bits per heavy atom. The van der Waals surface area contributed by atoms with Crippen LogP contribution in [0.2, 0.25) is 39.3 Å². The van der Waals surface area contributed by atoms with Crippen LogP contribution >= 0.6 is 0 Å². The molecular formula is C10H28O2Si3. The van der Waals surface area contributed by atoms with Gasteiger partial charge in [0.1, 0.15) is 15.2 Å². The monoisotopic (exact) mass is 264 g/mol. The first-order chi connectivity index (χ1) is 6.62. The van der Waals surface area contributed by atoms with Gasteiger partial charge < -0.3 is 8.85 Å². The molecule has 0 unspecified atom stereocenters. The summed E-state index contributed by atoms with van der Waals surface area (Å²) in [7, 11) is -4.64. The zero-order chi connectivity index (χ0) is 12.3. The number of hydrogen-bond acceptors (Lipinski definition) is 2. The molecule has 5 heteroatoms. The summed E-state index contributed by atoms with van der Waals surface area (Å²) in [6.07, 6.45) is 0. The molecule has 0 aromatic rings. The molecule has 0 atom stereocenters. The van der Waals surface area contributed by atoms with Gasteiger partial charge in [0.2, 0.25) is 0 Å². The van der Waals surface area contributed by atoms with Gasteiger partial charge in [0.05, 0.1) is 0 Å². The van der Waals surface area contributed by atoms with E-state index in [0.717, 1.165) is 13.2 Å². The van der Waals surface area contributed by atoms with E-state index in [4.69, 9.17) is 8.85 Å². The highest BCUT2D eigenvalue weighted by Crippen LogP contribution is 2.31. The third-order valence-corrected chi connectivity index (χ3v) is 35.1. The number of rotatable bonds is 6. The maximum absolute atomic E-state index is 6.24. The molecule has 2 nitrogen and oxygen atoms in total. The van der Waals surface area contributed by atoms with E-state index in [1.807, 2.05) is 0 Å². The lowest BCUT2D eigenvalue weighted by molar-refractivity contribution is 0.216. The van der Waals surface area contributed by atoms with Gasteiger partial charge in [0, 0.05) is 13.2 Å². The molecule has 15 heavy (non-hydrogen) atoms. The molecule has 0 N–H and O–H groups in total. The molecule has 0 rings (SSSR count). The molecule has 92 valence electrons. The fourth-order valence-electron chi connectivity index (χ4n) is 2.44. The van der Waals surface area contributed by atoms with Crippen LogP contribution < -0.4 is 0 Å². The van der Waals surface area contributed by atoms with Gasteiger partial charge in [-0.15, -0.1) is 0 Å². The summed E-state index contributed by atoms with van der Waals surface area (Å²) in [5, 5.41) is 0. The van der Waals surface area contributed by atoms with E-state index in [1.165, 1.54) is 0 Å². The van der Waals surface area contributed by atoms with Gasteiger partial charge in [-0.25, -0.2) is 0 Å². The van der Waals surface area contributed by atoms with Crippen molar-refractivity contribution in [2.75, 3.05) is 13.2 Å². The van der Waals surface area contributed by atoms with Crippen LogP contribution in [0.25, 0.3) is 0 Å². The van der Waals surface area contributed by atoms with Gasteiger partial charge in [0.15, 0.2) is 0 Å². The second-order valence-electron chi connectivity index (χ2n) is 5.98. The predicted octanol–water partition coefficient (Wildman–Crippen LogP) is 3.33. The first kappa shape index (κ1) is 15.6. The van der Waals surface area contributed by atoms with Crippen LogP contribution in [0.3, 0.4) is 0 Å². The van der Waals surface area contributed by atoms with Crippen molar-refractivity contribution in [1.82, 2.24) is 0 Å². The van der Waals surface area contributed by atoms with Gasteiger partial charge >= 0.3 is 0 Å². The Hall–Kier alpha value is 0.571. The SMILES string of the molecule is CCO[Si](OCC)([Si](C)(C)C)[Si](C)(C)C. The van der Waals surface area contributed by atoms with E-state index in [0.29, 0.717) is 0 Å². The minimum absolute atomic E-state index is 0.806. The van der Waals surface area contributed by atoms with Gasteiger partial charge in [-0.3, -0.25) is 0 Å². The van der Waals surface area contributed by atoms with Crippen LogP contribution in [-0.4, -0.2) is 36.0 Å². The first-order valence-corrected chi connectivity index (χ1v) is 16.7. The molecule has 0 saturated carbocycles. The van der Waals surface area contributed by atoms with Crippen molar-refractivity contribution >= 4 is 22.8 Å². The molecule has 0 fully saturated rings. The molecule has 0 spiro atoms. The van der Waals surface area contributed by atoms with E-state index < -0.39 is 22.8 Å². The van der Waals surface area contributed by atoms with Crippen LogP contribution in [0.1, 0.15) is 13.8 Å². The molecule has 0 aromatic heterocycles. The lowest BCUT2D eigenvalue weighted by Crippen LogP contribution is -2.75. The number of hydrogen-bond donors (Lipinski definition) is 0. The van der Waals surface area contributed by atoms with Crippen molar-refractivity contribution in [2.45, 2.75) is 53.1 Å². The smallest absolute Gasteiger partial charge is 0.295 e. The summed E-state index contributed by atoms with van der Waals surface area (Å²) >= 11 is 0. The third-order valence-electron chi connectivity index (χ3n) is 2.67. The Morgan fingerprint density at radius 1 is 0.667 bits per heavy atom. The standard InChI is InChI=1S/C10H28O2Si3/c1-9-11-15(12-10-2,13(3,4)5)14(6,7)8/h9-10H2,1-8H3. The summed E-state index contributed by atoms with van der Waals surface area (Å²) in [5.41, 5.74) is 0. The average Bonchev–Trinajstić information content (AvgIpc) is 1.99. The second-order valence-corrected chi connectivity index (χ2v) is 31.2. The Kier molecular flexibility index (Phi) is 5.47. The minimum atomic E-state index is -1.92. The van der Waals surface area contributed by atoms with E-state index in [1.54, 1.807) is 0 Å². The summed E-state index contributed by atoms with van der Waals surface area (Å²) in [5.74, 6) is 0. The highest BCUT2D eigenvalue weighted by Gasteiger charge is 2.58. The summed E-state index contributed by atoms with van der Waals surface area (Å²) in [6.45, 7) is 20.2. The van der Waals surface area contributed by atoms with E-state index >= 15 is 0 Å². The second kappa shape index (κ2) is 5.27. The van der Waals surface area contributed by atoms with E-state index in [9.17, 15) is 0 Å². The molecule has 0 heterocycles. The van der Waals surface area contributed by atoms with Crippen LogP contribution in [0.4, 0.5) is 0 Å². The van der Waals surface area contributed by atoms with Gasteiger partial charge in [0.25, 0.3) is 7.60 Å². The highest BCUT2D eigenvalue weighted by atomic mass is 29.7. The fraction of sp³-hybridized carbons (Fsp3) is 1.00. The van der Waals surface area contributed by atoms with Crippen LogP contribution in [0.5, 0.6) is 0 Å². The average molecular weight is 265 g/mol. The Bertz CT molecular complexity index is 172. The Labute approximate surface area is 98.2 Å². The van der Waals surface area contributed by atoms with Crippen molar-refractivity contribution < 1.29 is 8.85 Å². The normalized spacial score (nSPS) is 14.4. The largest absolute Gasteiger partial charge is 0.399 e. The first-order valence-electron chi connectivity index (χ1n) is 5.90. The van der Waals surface area contributed by atoms with Gasteiger partial charge in [-0.05, 0) is 13.8 Å². The van der Waals surface area contributed by atoms with Crippen LogP contribution in [0.15, 0.2) is 0 Å². The molecule has 0 bridgehead atoms. The molecule has 0 aliphatic carbocycles. The molecule has 0 aromatic carbocycles. The van der Waals surface area contributed by atoms with Crippen molar-refractivity contribution in [3.8, 4) is 0 Å². The lowest BCUT2D eigenvalue weighted by atomic mass is 10.9. The van der Waals surface area contributed by atoms with Crippen molar-refractivity contribution in [3.05, 3.63) is 0 Å². The van der Waals surface area contributed by atoms with Gasteiger partial charge in [-0.1, -0.05) is 39.3 Å². The molecule has 0 aliphatic heterocycles. The Balaban J connectivity index is 5.28. The highest BCUT2D eigenvalue weighted by molar-refractivity contribution is 7.64. The maximum Gasteiger partial charge on any atom is 0.295 e.